The van der Waals surface area contributed by atoms with Crippen LogP contribution in [0, 0.1) is 0 Å². The maximum Gasteiger partial charge on any atom is 0.322 e. The summed E-state index contributed by atoms with van der Waals surface area (Å²) in [5.41, 5.74) is 1.65. The van der Waals surface area contributed by atoms with Gasteiger partial charge in [0.15, 0.2) is 0 Å². The van der Waals surface area contributed by atoms with Gasteiger partial charge in [-0.15, -0.1) is 11.3 Å². The van der Waals surface area contributed by atoms with Crippen LogP contribution in [0.1, 0.15) is 40.9 Å². The molecular weight excluding hydrogens is 448 g/mol. The Morgan fingerprint density at radius 1 is 1.06 bits per heavy atom. The van der Waals surface area contributed by atoms with E-state index in [1.54, 1.807) is 23.4 Å². The Kier molecular flexibility index (Phi) is 5.83. The highest BCUT2D eigenvalue weighted by atomic mass is 32.1. The SMILES string of the molecule is CN(C)[C@]1(c2ccccc2)CC[C@]2(CC1)CN(c1cnc(NC(=O)c3cccs3)nc1)C(=O)N2. The maximum atomic E-state index is 12.9. The molecule has 1 aliphatic carbocycles. The molecule has 1 saturated heterocycles. The van der Waals surface area contributed by atoms with Crippen molar-refractivity contribution < 1.29 is 9.59 Å². The maximum absolute atomic E-state index is 12.9. The third-order valence-corrected chi connectivity index (χ3v) is 8.07. The molecule has 1 aliphatic heterocycles. The van der Waals surface area contributed by atoms with Gasteiger partial charge >= 0.3 is 6.03 Å². The van der Waals surface area contributed by atoms with Crippen molar-refractivity contribution in [3.05, 3.63) is 70.7 Å². The second-order valence-corrected chi connectivity index (χ2v) is 10.2. The van der Waals surface area contributed by atoms with Crippen LogP contribution >= 0.6 is 11.3 Å². The fourth-order valence-electron chi connectivity index (χ4n) is 5.18. The number of benzene rings is 1. The Morgan fingerprint density at radius 2 is 1.76 bits per heavy atom. The molecular formula is C25H28N6O2S. The van der Waals surface area contributed by atoms with E-state index in [0.29, 0.717) is 17.1 Å². The van der Waals surface area contributed by atoms with E-state index < -0.39 is 0 Å². The Hall–Kier alpha value is -3.30. The fourth-order valence-corrected chi connectivity index (χ4v) is 5.80. The number of nitrogens with zero attached hydrogens (tertiary/aromatic N) is 4. The van der Waals surface area contributed by atoms with Crippen LogP contribution in [0.25, 0.3) is 0 Å². The van der Waals surface area contributed by atoms with Gasteiger partial charge in [-0.3, -0.25) is 19.9 Å². The van der Waals surface area contributed by atoms with Gasteiger partial charge in [0.2, 0.25) is 5.95 Å². The van der Waals surface area contributed by atoms with E-state index in [9.17, 15) is 9.59 Å². The molecule has 3 aromatic rings. The van der Waals surface area contributed by atoms with Gasteiger partial charge in [0.05, 0.1) is 35.0 Å². The Balaban J connectivity index is 1.27. The number of rotatable bonds is 5. The largest absolute Gasteiger partial charge is 0.330 e. The smallest absolute Gasteiger partial charge is 0.322 e. The molecule has 8 nitrogen and oxygen atoms in total. The van der Waals surface area contributed by atoms with Gasteiger partial charge in [0.25, 0.3) is 5.91 Å². The van der Waals surface area contributed by atoms with E-state index in [1.807, 2.05) is 17.5 Å². The molecule has 34 heavy (non-hydrogen) atoms. The zero-order valence-corrected chi connectivity index (χ0v) is 20.1. The van der Waals surface area contributed by atoms with Gasteiger partial charge in [0, 0.05) is 5.54 Å². The van der Waals surface area contributed by atoms with Crippen LogP contribution in [-0.2, 0) is 5.54 Å². The molecule has 0 atom stereocenters. The van der Waals surface area contributed by atoms with E-state index in [0.717, 1.165) is 25.7 Å². The molecule has 1 saturated carbocycles. The quantitative estimate of drug-likeness (QED) is 0.579. The summed E-state index contributed by atoms with van der Waals surface area (Å²) < 4.78 is 0. The van der Waals surface area contributed by atoms with Crippen LogP contribution in [0.3, 0.4) is 0 Å². The Labute approximate surface area is 203 Å². The molecule has 9 heteroatoms. The predicted molar refractivity (Wildman–Crippen MR) is 133 cm³/mol. The van der Waals surface area contributed by atoms with Crippen molar-refractivity contribution in [1.29, 1.82) is 0 Å². The normalized spacial score (nSPS) is 24.4. The first-order valence-electron chi connectivity index (χ1n) is 11.4. The minimum absolute atomic E-state index is 0.0316. The van der Waals surface area contributed by atoms with E-state index in [1.165, 1.54) is 16.9 Å². The molecule has 5 rings (SSSR count). The lowest BCUT2D eigenvalue weighted by molar-refractivity contribution is 0.0658. The lowest BCUT2D eigenvalue weighted by Crippen LogP contribution is -2.54. The van der Waals surface area contributed by atoms with E-state index in [4.69, 9.17) is 0 Å². The number of aromatic nitrogens is 2. The number of amides is 3. The first kappa shape index (κ1) is 22.5. The highest BCUT2D eigenvalue weighted by Crippen LogP contribution is 2.46. The molecule has 176 valence electrons. The number of carbonyl (C=O) groups is 2. The Morgan fingerprint density at radius 3 is 2.38 bits per heavy atom. The first-order chi connectivity index (χ1) is 16.4. The van der Waals surface area contributed by atoms with Crippen LogP contribution in [0.2, 0.25) is 0 Å². The second kappa shape index (κ2) is 8.81. The van der Waals surface area contributed by atoms with Gasteiger partial charge in [-0.1, -0.05) is 36.4 Å². The number of anilines is 2. The van der Waals surface area contributed by atoms with Crippen molar-refractivity contribution >= 4 is 34.9 Å². The van der Waals surface area contributed by atoms with E-state index in [-0.39, 0.29) is 29.0 Å². The molecule has 2 aromatic heterocycles. The minimum Gasteiger partial charge on any atom is -0.330 e. The van der Waals surface area contributed by atoms with Gasteiger partial charge < -0.3 is 5.32 Å². The molecule has 0 bridgehead atoms. The Bertz CT molecular complexity index is 1160. The third kappa shape index (κ3) is 4.05. The summed E-state index contributed by atoms with van der Waals surface area (Å²) in [6.45, 7) is 0.578. The van der Waals surface area contributed by atoms with Crippen molar-refractivity contribution in [2.24, 2.45) is 0 Å². The van der Waals surface area contributed by atoms with Crippen LogP contribution in [-0.4, -0.2) is 53.0 Å². The van der Waals surface area contributed by atoms with Gasteiger partial charge in [-0.2, -0.15) is 0 Å². The number of thiophene rings is 1. The summed E-state index contributed by atoms with van der Waals surface area (Å²) in [4.78, 5) is 38.3. The fraction of sp³-hybridized carbons (Fsp3) is 0.360. The predicted octanol–water partition coefficient (Wildman–Crippen LogP) is 4.09. The van der Waals surface area contributed by atoms with Crippen LogP contribution in [0.4, 0.5) is 16.4 Å². The van der Waals surface area contributed by atoms with Crippen molar-refractivity contribution in [3.63, 3.8) is 0 Å². The zero-order chi connectivity index (χ0) is 23.8. The molecule has 0 unspecified atom stereocenters. The lowest BCUT2D eigenvalue weighted by atomic mass is 9.69. The molecule has 1 aromatic carbocycles. The topological polar surface area (TPSA) is 90.5 Å². The van der Waals surface area contributed by atoms with E-state index in [2.05, 4.69) is 63.9 Å². The number of nitrogens with one attached hydrogen (secondary N) is 2. The second-order valence-electron chi connectivity index (χ2n) is 9.28. The highest BCUT2D eigenvalue weighted by Gasteiger charge is 2.50. The summed E-state index contributed by atoms with van der Waals surface area (Å²) in [6.07, 6.45) is 6.87. The molecule has 2 N–H and O–H groups in total. The highest BCUT2D eigenvalue weighted by molar-refractivity contribution is 7.12. The third-order valence-electron chi connectivity index (χ3n) is 7.20. The number of carbonyl (C=O) groups excluding carboxylic acids is 2. The van der Waals surface area contributed by atoms with Crippen molar-refractivity contribution in [2.45, 2.75) is 36.8 Å². The lowest BCUT2D eigenvalue weighted by Gasteiger charge is -2.48. The monoisotopic (exact) mass is 476 g/mol. The molecule has 2 aliphatic rings. The standard InChI is InChI=1S/C25H28N6O2S/c1-30(2)25(18-7-4-3-5-8-18)12-10-24(11-13-25)17-31(23(33)29-24)19-15-26-22(27-16-19)28-21(32)20-9-6-14-34-20/h3-9,14-16H,10-13,17H2,1-2H3,(H,29,33)(H,26,27,28,32)/t24-,25+. The number of hydrogen-bond donors (Lipinski definition) is 2. The van der Waals surface area contributed by atoms with E-state index >= 15 is 0 Å². The zero-order valence-electron chi connectivity index (χ0n) is 19.3. The first-order valence-corrected chi connectivity index (χ1v) is 12.3. The van der Waals surface area contributed by atoms with Crippen LogP contribution in [0.5, 0.6) is 0 Å². The average molecular weight is 477 g/mol. The van der Waals surface area contributed by atoms with Crippen LogP contribution in [0.15, 0.2) is 60.2 Å². The van der Waals surface area contributed by atoms with Gasteiger partial charge in [0.1, 0.15) is 0 Å². The van der Waals surface area contributed by atoms with Crippen molar-refractivity contribution in [3.8, 4) is 0 Å². The summed E-state index contributed by atoms with van der Waals surface area (Å²) in [5.74, 6) is -0.0293. The molecule has 2 fully saturated rings. The minimum atomic E-state index is -0.266. The van der Waals surface area contributed by atoms with Crippen molar-refractivity contribution in [2.75, 3.05) is 30.9 Å². The summed E-state index contributed by atoms with van der Waals surface area (Å²) in [5, 5.41) is 7.79. The van der Waals surface area contributed by atoms with Gasteiger partial charge in [-0.05, 0) is 56.8 Å². The van der Waals surface area contributed by atoms with Crippen molar-refractivity contribution in [1.82, 2.24) is 20.2 Å². The van der Waals surface area contributed by atoms with Crippen LogP contribution < -0.4 is 15.5 Å². The van der Waals surface area contributed by atoms with Gasteiger partial charge in [-0.25, -0.2) is 14.8 Å². The summed E-state index contributed by atoms with van der Waals surface area (Å²) >= 11 is 1.35. The molecule has 1 spiro atoms. The molecule has 3 heterocycles. The molecule has 0 radical (unpaired) electrons. The molecule has 3 amide bonds. The number of hydrogen-bond acceptors (Lipinski definition) is 6. The summed E-state index contributed by atoms with van der Waals surface area (Å²) in [6, 6.07) is 14.1. The summed E-state index contributed by atoms with van der Waals surface area (Å²) in [7, 11) is 4.28. The average Bonchev–Trinajstić information content (AvgIpc) is 3.50. The number of urea groups is 1.